The number of halogens is 2. The van der Waals surface area contributed by atoms with E-state index in [2.05, 4.69) is 20.8 Å². The summed E-state index contributed by atoms with van der Waals surface area (Å²) in [5, 5.41) is 23.3. The Morgan fingerprint density at radius 3 is 2.73 bits per heavy atom. The van der Waals surface area contributed by atoms with E-state index in [-0.39, 0.29) is 16.7 Å². The van der Waals surface area contributed by atoms with Gasteiger partial charge in [-0.05, 0) is 59.8 Å². The highest BCUT2D eigenvalue weighted by Gasteiger charge is 2.19. The Hall–Kier alpha value is -2.65. The number of anilines is 1. The minimum atomic E-state index is -0.555. The molecule has 0 fully saturated rings. The van der Waals surface area contributed by atoms with E-state index in [0.29, 0.717) is 16.5 Å². The summed E-state index contributed by atoms with van der Waals surface area (Å²) in [7, 11) is 0. The molecule has 10 heteroatoms. The fourth-order valence-electron chi connectivity index (χ4n) is 2.04. The molecular weight excluding hydrogens is 381 g/mol. The average Bonchev–Trinajstić information content (AvgIpc) is 3.07. The number of carbonyl (C=O) groups is 1. The highest BCUT2D eigenvalue weighted by atomic mass is 35.5. The van der Waals surface area contributed by atoms with Crippen molar-refractivity contribution in [1.82, 2.24) is 20.2 Å². The third-order valence-corrected chi connectivity index (χ3v) is 4.70. The summed E-state index contributed by atoms with van der Waals surface area (Å²) in [6, 6.07) is 10.3. The van der Waals surface area contributed by atoms with Gasteiger partial charge in [-0.3, -0.25) is 4.79 Å². The number of amides is 1. The van der Waals surface area contributed by atoms with Crippen molar-refractivity contribution >= 4 is 35.0 Å². The summed E-state index contributed by atoms with van der Waals surface area (Å²) in [6.45, 7) is 1.70. The van der Waals surface area contributed by atoms with E-state index in [4.69, 9.17) is 11.6 Å². The molecule has 1 amide bonds. The third kappa shape index (κ3) is 4.12. The van der Waals surface area contributed by atoms with Gasteiger partial charge < -0.3 is 10.4 Å². The second kappa shape index (κ2) is 7.71. The van der Waals surface area contributed by atoms with E-state index in [9.17, 15) is 14.3 Å². The van der Waals surface area contributed by atoms with E-state index < -0.39 is 11.1 Å². The van der Waals surface area contributed by atoms with Crippen molar-refractivity contribution in [2.24, 2.45) is 0 Å². The van der Waals surface area contributed by atoms with Gasteiger partial charge in [0.05, 0.1) is 16.0 Å². The quantitative estimate of drug-likeness (QED) is 0.646. The lowest BCUT2D eigenvalue weighted by Gasteiger charge is -2.12. The first kappa shape index (κ1) is 18.2. The van der Waals surface area contributed by atoms with Gasteiger partial charge in [-0.2, -0.15) is 4.68 Å². The molecule has 2 aromatic carbocycles. The number of tetrazole rings is 1. The molecule has 7 nitrogen and oxygen atoms in total. The molecule has 0 aliphatic heterocycles. The van der Waals surface area contributed by atoms with Gasteiger partial charge in [0.15, 0.2) is 0 Å². The zero-order valence-corrected chi connectivity index (χ0v) is 15.0. The summed E-state index contributed by atoms with van der Waals surface area (Å²) < 4.78 is 14.6. The van der Waals surface area contributed by atoms with Crippen LogP contribution >= 0.6 is 23.4 Å². The van der Waals surface area contributed by atoms with Gasteiger partial charge >= 0.3 is 0 Å². The number of hydrogen-bond donors (Lipinski definition) is 2. The van der Waals surface area contributed by atoms with E-state index in [1.807, 2.05) is 0 Å². The lowest BCUT2D eigenvalue weighted by atomic mass is 10.3. The molecule has 1 aromatic heterocycles. The van der Waals surface area contributed by atoms with Crippen LogP contribution in [-0.4, -0.2) is 36.5 Å². The molecule has 0 aliphatic carbocycles. The Kier molecular flexibility index (Phi) is 5.38. The zero-order chi connectivity index (χ0) is 18.7. The van der Waals surface area contributed by atoms with Crippen molar-refractivity contribution in [2.45, 2.75) is 17.3 Å². The minimum absolute atomic E-state index is 0.0700. The molecule has 0 saturated heterocycles. The summed E-state index contributed by atoms with van der Waals surface area (Å²) in [5.74, 6) is -0.736. The van der Waals surface area contributed by atoms with Crippen molar-refractivity contribution in [3.63, 3.8) is 0 Å². The number of nitrogens with one attached hydrogen (secondary N) is 1. The number of rotatable bonds is 5. The Balaban J connectivity index is 1.71. The zero-order valence-electron chi connectivity index (χ0n) is 13.4. The molecule has 1 heterocycles. The van der Waals surface area contributed by atoms with Crippen LogP contribution in [0.2, 0.25) is 5.02 Å². The number of nitrogens with zero attached hydrogens (tertiary/aromatic N) is 4. The molecule has 2 N–H and O–H groups in total. The molecule has 26 heavy (non-hydrogen) atoms. The molecule has 134 valence electrons. The van der Waals surface area contributed by atoms with Crippen LogP contribution in [0.1, 0.15) is 6.92 Å². The van der Waals surface area contributed by atoms with E-state index in [1.165, 1.54) is 35.0 Å². The molecule has 1 unspecified atom stereocenters. The predicted molar refractivity (Wildman–Crippen MR) is 96.2 cm³/mol. The van der Waals surface area contributed by atoms with Gasteiger partial charge in [0.1, 0.15) is 11.6 Å². The number of aromatic nitrogens is 4. The van der Waals surface area contributed by atoms with Crippen molar-refractivity contribution < 1.29 is 14.3 Å². The first-order valence-electron chi connectivity index (χ1n) is 7.44. The number of hydrogen-bond acceptors (Lipinski definition) is 6. The highest BCUT2D eigenvalue weighted by Crippen LogP contribution is 2.25. The Morgan fingerprint density at radius 1 is 1.31 bits per heavy atom. The van der Waals surface area contributed by atoms with Crippen molar-refractivity contribution in [3.8, 4) is 11.4 Å². The molecule has 1 atom stereocenters. The van der Waals surface area contributed by atoms with E-state index in [1.54, 1.807) is 19.1 Å². The number of thioether (sulfide) groups is 1. The van der Waals surface area contributed by atoms with Crippen LogP contribution in [0.5, 0.6) is 5.75 Å². The molecule has 0 radical (unpaired) electrons. The SMILES string of the molecule is CC(Sc1nnnn1-c1ccc(O)cc1)C(=O)Nc1ccc(F)c(Cl)c1. The fraction of sp³-hybridized carbons (Fsp3) is 0.125. The summed E-state index contributed by atoms with van der Waals surface area (Å²) >= 11 is 6.87. The highest BCUT2D eigenvalue weighted by molar-refractivity contribution is 8.00. The van der Waals surface area contributed by atoms with Gasteiger partial charge in [0.2, 0.25) is 11.1 Å². The van der Waals surface area contributed by atoms with Crippen LogP contribution in [0.25, 0.3) is 5.69 Å². The monoisotopic (exact) mass is 393 g/mol. The lowest BCUT2D eigenvalue weighted by Crippen LogP contribution is -2.23. The predicted octanol–water partition coefficient (Wildman–Crippen LogP) is 3.28. The first-order valence-corrected chi connectivity index (χ1v) is 8.70. The van der Waals surface area contributed by atoms with E-state index in [0.717, 1.165) is 11.8 Å². The third-order valence-electron chi connectivity index (χ3n) is 3.37. The molecule has 0 bridgehead atoms. The minimum Gasteiger partial charge on any atom is -0.508 e. The Morgan fingerprint density at radius 2 is 2.04 bits per heavy atom. The van der Waals surface area contributed by atoms with Crippen LogP contribution in [0.3, 0.4) is 0 Å². The number of phenolic OH excluding ortho intramolecular Hbond substituents is 1. The Bertz CT molecular complexity index is 935. The number of aromatic hydroxyl groups is 1. The lowest BCUT2D eigenvalue weighted by molar-refractivity contribution is -0.115. The molecular formula is C16H13ClFN5O2S. The molecule has 0 saturated carbocycles. The molecule has 3 rings (SSSR count). The summed E-state index contributed by atoms with van der Waals surface area (Å²) in [4.78, 5) is 12.3. The maximum atomic E-state index is 13.2. The average molecular weight is 394 g/mol. The normalized spacial score (nSPS) is 12.0. The van der Waals surface area contributed by atoms with Crippen molar-refractivity contribution in [1.29, 1.82) is 0 Å². The maximum Gasteiger partial charge on any atom is 0.237 e. The van der Waals surface area contributed by atoms with Crippen LogP contribution in [0, 0.1) is 5.82 Å². The standard InChI is InChI=1S/C16H13ClFN5O2S/c1-9(15(25)19-10-2-7-14(18)13(17)8-10)26-16-20-21-22-23(16)11-3-5-12(24)6-4-11/h2-9,24H,1H3,(H,19,25). The largest absolute Gasteiger partial charge is 0.508 e. The summed E-state index contributed by atoms with van der Waals surface area (Å²) in [6.07, 6.45) is 0. The molecule has 0 aliphatic rings. The fourth-order valence-corrected chi connectivity index (χ4v) is 3.03. The van der Waals surface area contributed by atoms with Crippen LogP contribution < -0.4 is 5.32 Å². The number of carbonyl (C=O) groups excluding carboxylic acids is 1. The topological polar surface area (TPSA) is 92.9 Å². The van der Waals surface area contributed by atoms with Crippen molar-refractivity contribution in [2.75, 3.05) is 5.32 Å². The van der Waals surface area contributed by atoms with Crippen molar-refractivity contribution in [3.05, 3.63) is 53.3 Å². The second-order valence-electron chi connectivity index (χ2n) is 5.27. The van der Waals surface area contributed by atoms with Gasteiger partial charge in [-0.25, -0.2) is 4.39 Å². The Labute approximate surface area is 157 Å². The van der Waals surface area contributed by atoms with Crippen LogP contribution in [-0.2, 0) is 4.79 Å². The smallest absolute Gasteiger partial charge is 0.237 e. The maximum absolute atomic E-state index is 13.2. The van der Waals surface area contributed by atoms with Crippen LogP contribution in [0.15, 0.2) is 47.6 Å². The van der Waals surface area contributed by atoms with Gasteiger partial charge in [0, 0.05) is 5.69 Å². The number of phenols is 1. The van der Waals surface area contributed by atoms with E-state index >= 15 is 0 Å². The summed E-state index contributed by atoms with van der Waals surface area (Å²) in [5.41, 5.74) is 1.04. The first-order chi connectivity index (χ1) is 12.4. The molecule has 3 aromatic rings. The van der Waals surface area contributed by atoms with Gasteiger partial charge in [0.25, 0.3) is 0 Å². The second-order valence-corrected chi connectivity index (χ2v) is 6.98. The van der Waals surface area contributed by atoms with Gasteiger partial charge in [-0.15, -0.1) is 5.10 Å². The van der Waals surface area contributed by atoms with Gasteiger partial charge in [-0.1, -0.05) is 23.4 Å². The number of benzene rings is 2. The molecule has 0 spiro atoms. The van der Waals surface area contributed by atoms with Crippen LogP contribution in [0.4, 0.5) is 10.1 Å².